The van der Waals surface area contributed by atoms with Crippen molar-refractivity contribution in [3.05, 3.63) is 71.8 Å². The van der Waals surface area contributed by atoms with Gasteiger partial charge in [-0.25, -0.2) is 0 Å². The van der Waals surface area contributed by atoms with E-state index in [1.807, 2.05) is 24.3 Å². The van der Waals surface area contributed by atoms with Crippen LogP contribution >= 0.6 is 0 Å². The molecule has 3 N–H and O–H groups in total. The van der Waals surface area contributed by atoms with E-state index in [1.165, 1.54) is 18.2 Å². The maximum Gasteiger partial charge on any atom is 0.310 e. The Morgan fingerprint density at radius 2 is 1.27 bits per heavy atom. The predicted octanol–water partition coefficient (Wildman–Crippen LogP) is 3.62. The number of ether oxygens (including phenoxy) is 1. The third kappa shape index (κ3) is 7.14. The molecule has 2 aliphatic rings. The number of nitrogens with two attached hydrogens (primary N) is 1. The highest BCUT2D eigenvalue weighted by molar-refractivity contribution is 5.80. The van der Waals surface area contributed by atoms with Crippen LogP contribution in [0.4, 0.5) is 0 Å². The van der Waals surface area contributed by atoms with Gasteiger partial charge in [-0.2, -0.15) is 0 Å². The largest absolute Gasteiger partial charge is 0.469 e. The molecule has 4 rings (SSSR count). The van der Waals surface area contributed by atoms with Gasteiger partial charge in [-0.1, -0.05) is 74.5 Å². The normalized spacial score (nSPS) is 25.3. The fourth-order valence-electron chi connectivity index (χ4n) is 4.94. The molecule has 4 atom stereocenters. The SMILES string of the molecule is CC1CN(Cc2ccccc2)CC1C(=N)N.COC(=O)C1CN(Cc2ccccc2)CC1C. The lowest BCUT2D eigenvalue weighted by atomic mass is 9.97. The second-order valence-electron chi connectivity index (χ2n) is 9.51. The molecular weight excluding hydrogens is 412 g/mol. The van der Waals surface area contributed by atoms with Gasteiger partial charge in [-0.3, -0.25) is 20.0 Å². The van der Waals surface area contributed by atoms with Gasteiger partial charge in [0.25, 0.3) is 0 Å². The highest BCUT2D eigenvalue weighted by Crippen LogP contribution is 2.26. The lowest BCUT2D eigenvalue weighted by molar-refractivity contribution is -0.146. The van der Waals surface area contributed by atoms with Crippen molar-refractivity contribution in [1.29, 1.82) is 5.41 Å². The summed E-state index contributed by atoms with van der Waals surface area (Å²) in [6.45, 7) is 9.92. The highest BCUT2D eigenvalue weighted by Gasteiger charge is 2.35. The molecule has 2 heterocycles. The van der Waals surface area contributed by atoms with Crippen molar-refractivity contribution in [2.24, 2.45) is 29.4 Å². The standard InChI is InChI=1S/C14H19NO2.C13H19N3/c1-11-8-15(10-13(11)14(16)17-2)9-12-6-4-3-5-7-12;1-10-7-16(9-12(10)13(14)15)8-11-5-3-2-4-6-11/h3-7,11,13H,8-10H2,1-2H3;2-6,10,12H,7-9H2,1H3,(H3,14,15). The topological polar surface area (TPSA) is 82.6 Å². The molecule has 2 aliphatic heterocycles. The molecule has 0 aliphatic carbocycles. The van der Waals surface area contributed by atoms with Crippen LogP contribution < -0.4 is 5.73 Å². The summed E-state index contributed by atoms with van der Waals surface area (Å²) in [6, 6.07) is 20.8. The first kappa shape index (κ1) is 24.9. The summed E-state index contributed by atoms with van der Waals surface area (Å²) in [5.74, 6) is 1.41. The van der Waals surface area contributed by atoms with Crippen LogP contribution in [0.5, 0.6) is 0 Å². The summed E-state index contributed by atoms with van der Waals surface area (Å²) in [7, 11) is 1.47. The van der Waals surface area contributed by atoms with E-state index < -0.39 is 0 Å². The van der Waals surface area contributed by atoms with Crippen LogP contribution in [-0.2, 0) is 22.6 Å². The van der Waals surface area contributed by atoms with Crippen molar-refractivity contribution in [2.75, 3.05) is 33.3 Å². The van der Waals surface area contributed by atoms with Gasteiger partial charge in [0.1, 0.15) is 0 Å². The van der Waals surface area contributed by atoms with Crippen molar-refractivity contribution in [3.8, 4) is 0 Å². The van der Waals surface area contributed by atoms with Crippen molar-refractivity contribution in [1.82, 2.24) is 9.80 Å². The monoisotopic (exact) mass is 450 g/mol. The number of nitrogens with zero attached hydrogens (tertiary/aromatic N) is 2. The Morgan fingerprint density at radius 1 is 0.848 bits per heavy atom. The lowest BCUT2D eigenvalue weighted by Gasteiger charge is -2.15. The van der Waals surface area contributed by atoms with Gasteiger partial charge in [0, 0.05) is 45.2 Å². The summed E-state index contributed by atoms with van der Waals surface area (Å²) < 4.78 is 4.84. The number of esters is 1. The van der Waals surface area contributed by atoms with E-state index in [-0.39, 0.29) is 17.8 Å². The van der Waals surface area contributed by atoms with Crippen LogP contribution in [0.25, 0.3) is 0 Å². The number of methoxy groups -OCH3 is 1. The first-order valence-corrected chi connectivity index (χ1v) is 11.8. The van der Waals surface area contributed by atoms with E-state index in [0.29, 0.717) is 17.7 Å². The van der Waals surface area contributed by atoms with Crippen molar-refractivity contribution in [2.45, 2.75) is 26.9 Å². The highest BCUT2D eigenvalue weighted by atomic mass is 16.5. The van der Waals surface area contributed by atoms with Gasteiger partial charge < -0.3 is 10.5 Å². The first-order chi connectivity index (χ1) is 15.9. The van der Waals surface area contributed by atoms with E-state index in [9.17, 15) is 4.79 Å². The van der Waals surface area contributed by atoms with Gasteiger partial charge in [-0.05, 0) is 23.0 Å². The smallest absolute Gasteiger partial charge is 0.310 e. The number of nitrogens with one attached hydrogen (secondary N) is 1. The summed E-state index contributed by atoms with van der Waals surface area (Å²) >= 11 is 0. The minimum Gasteiger partial charge on any atom is -0.469 e. The minimum atomic E-state index is -0.0759. The molecule has 0 aromatic heterocycles. The summed E-state index contributed by atoms with van der Waals surface area (Å²) in [5.41, 5.74) is 8.23. The average Bonchev–Trinajstić information content (AvgIpc) is 3.36. The Labute approximate surface area is 198 Å². The Kier molecular flexibility index (Phi) is 9.03. The summed E-state index contributed by atoms with van der Waals surface area (Å²) in [4.78, 5) is 16.3. The zero-order valence-electron chi connectivity index (χ0n) is 20.1. The number of likely N-dealkylation sites (tertiary alicyclic amines) is 2. The quantitative estimate of drug-likeness (QED) is 0.399. The Morgan fingerprint density at radius 3 is 1.67 bits per heavy atom. The van der Waals surface area contributed by atoms with Gasteiger partial charge in [0.05, 0.1) is 18.9 Å². The second-order valence-corrected chi connectivity index (χ2v) is 9.51. The van der Waals surface area contributed by atoms with Gasteiger partial charge >= 0.3 is 5.97 Å². The number of benzene rings is 2. The number of hydrogen-bond donors (Lipinski definition) is 2. The zero-order valence-corrected chi connectivity index (χ0v) is 20.1. The van der Waals surface area contributed by atoms with Crippen LogP contribution in [0.15, 0.2) is 60.7 Å². The van der Waals surface area contributed by atoms with E-state index in [0.717, 1.165) is 39.3 Å². The van der Waals surface area contributed by atoms with Crippen molar-refractivity contribution in [3.63, 3.8) is 0 Å². The lowest BCUT2D eigenvalue weighted by Crippen LogP contribution is -2.28. The maximum absolute atomic E-state index is 11.6. The molecule has 4 unspecified atom stereocenters. The molecule has 2 fully saturated rings. The third-order valence-electron chi connectivity index (χ3n) is 6.78. The molecule has 6 nitrogen and oxygen atoms in total. The van der Waals surface area contributed by atoms with Gasteiger partial charge in [0.2, 0.25) is 0 Å². The third-order valence-corrected chi connectivity index (χ3v) is 6.78. The molecular formula is C27H38N4O2. The molecule has 0 saturated carbocycles. The Balaban J connectivity index is 0.000000186. The maximum atomic E-state index is 11.6. The molecule has 2 saturated heterocycles. The predicted molar refractivity (Wildman–Crippen MR) is 133 cm³/mol. The number of carbonyl (C=O) groups excluding carboxylic acids is 1. The molecule has 0 amide bonds. The van der Waals surface area contributed by atoms with Gasteiger partial charge in [-0.15, -0.1) is 0 Å². The van der Waals surface area contributed by atoms with E-state index in [2.05, 4.69) is 60.0 Å². The van der Waals surface area contributed by atoms with Crippen molar-refractivity contribution < 1.29 is 9.53 Å². The van der Waals surface area contributed by atoms with Crippen LogP contribution in [0.2, 0.25) is 0 Å². The molecule has 2 aromatic rings. The molecule has 0 spiro atoms. The minimum absolute atomic E-state index is 0.0312. The summed E-state index contributed by atoms with van der Waals surface area (Å²) in [5, 5.41) is 7.54. The van der Waals surface area contributed by atoms with E-state index >= 15 is 0 Å². The number of rotatable bonds is 6. The molecule has 6 heteroatoms. The Hall–Kier alpha value is -2.70. The zero-order chi connectivity index (χ0) is 23.8. The molecule has 0 radical (unpaired) electrons. The van der Waals surface area contributed by atoms with Gasteiger partial charge in [0.15, 0.2) is 0 Å². The molecule has 2 aromatic carbocycles. The van der Waals surface area contributed by atoms with E-state index in [1.54, 1.807) is 0 Å². The fraction of sp³-hybridized carbons (Fsp3) is 0.481. The molecule has 33 heavy (non-hydrogen) atoms. The fourth-order valence-corrected chi connectivity index (χ4v) is 4.94. The number of carbonyl (C=O) groups is 1. The number of amidine groups is 1. The Bertz CT molecular complexity index is 890. The van der Waals surface area contributed by atoms with Crippen molar-refractivity contribution >= 4 is 11.8 Å². The first-order valence-electron chi connectivity index (χ1n) is 11.8. The van der Waals surface area contributed by atoms with Crippen LogP contribution in [0.1, 0.15) is 25.0 Å². The average molecular weight is 451 g/mol. The van der Waals surface area contributed by atoms with Crippen LogP contribution in [-0.4, -0.2) is 54.9 Å². The second kappa shape index (κ2) is 12.0. The number of hydrogen-bond acceptors (Lipinski definition) is 5. The van der Waals surface area contributed by atoms with Crippen LogP contribution in [0, 0.1) is 29.1 Å². The molecule has 178 valence electrons. The van der Waals surface area contributed by atoms with Crippen LogP contribution in [0.3, 0.4) is 0 Å². The van der Waals surface area contributed by atoms with E-state index in [4.69, 9.17) is 15.9 Å². The summed E-state index contributed by atoms with van der Waals surface area (Å²) in [6.07, 6.45) is 0. The molecule has 0 bridgehead atoms.